The van der Waals surface area contributed by atoms with Gasteiger partial charge < -0.3 is 15.0 Å². The highest BCUT2D eigenvalue weighted by Gasteiger charge is 2.45. The fraction of sp³-hybridized carbons (Fsp3) is 0.409. The lowest BCUT2D eigenvalue weighted by molar-refractivity contribution is -0.131. The Morgan fingerprint density at radius 1 is 1.26 bits per heavy atom. The van der Waals surface area contributed by atoms with Gasteiger partial charge >= 0.3 is 0 Å². The second kappa shape index (κ2) is 7.69. The summed E-state index contributed by atoms with van der Waals surface area (Å²) in [6.45, 7) is 1.62. The van der Waals surface area contributed by atoms with Gasteiger partial charge in [0.15, 0.2) is 0 Å². The summed E-state index contributed by atoms with van der Waals surface area (Å²) in [6.07, 6.45) is 2.15. The van der Waals surface area contributed by atoms with Crippen molar-refractivity contribution in [3.05, 3.63) is 65.5 Å². The summed E-state index contributed by atoms with van der Waals surface area (Å²) in [7, 11) is 1.67. The van der Waals surface area contributed by atoms with E-state index in [2.05, 4.69) is 17.4 Å². The lowest BCUT2D eigenvalue weighted by atomic mass is 9.87. The van der Waals surface area contributed by atoms with Crippen molar-refractivity contribution >= 4 is 5.91 Å². The SMILES string of the molecule is COc1cccc([C@H]2CN(C(=O)Cc3ccccc3F)[C@@H]3CCCN[C@H]23)c1. The van der Waals surface area contributed by atoms with E-state index >= 15 is 0 Å². The van der Waals surface area contributed by atoms with E-state index in [0.717, 1.165) is 25.1 Å². The number of fused-ring (bicyclic) bond motifs is 1. The van der Waals surface area contributed by atoms with Gasteiger partial charge in [0.05, 0.1) is 13.5 Å². The molecule has 0 bridgehead atoms. The summed E-state index contributed by atoms with van der Waals surface area (Å²) in [5.74, 6) is 0.739. The van der Waals surface area contributed by atoms with Crippen molar-refractivity contribution in [1.82, 2.24) is 10.2 Å². The van der Waals surface area contributed by atoms with Crippen LogP contribution in [0.1, 0.15) is 29.9 Å². The number of amides is 1. The van der Waals surface area contributed by atoms with Crippen molar-refractivity contribution in [2.24, 2.45) is 0 Å². The molecule has 27 heavy (non-hydrogen) atoms. The third-order valence-electron chi connectivity index (χ3n) is 5.84. The monoisotopic (exact) mass is 368 g/mol. The average molecular weight is 368 g/mol. The van der Waals surface area contributed by atoms with Crippen LogP contribution in [0.4, 0.5) is 4.39 Å². The third kappa shape index (κ3) is 3.56. The van der Waals surface area contributed by atoms with E-state index in [4.69, 9.17) is 4.74 Å². The third-order valence-corrected chi connectivity index (χ3v) is 5.84. The van der Waals surface area contributed by atoms with E-state index < -0.39 is 0 Å². The first-order valence-electron chi connectivity index (χ1n) is 9.57. The van der Waals surface area contributed by atoms with Gasteiger partial charge in [-0.1, -0.05) is 30.3 Å². The Balaban J connectivity index is 1.58. The molecule has 5 heteroatoms. The molecule has 2 saturated heterocycles. The first-order chi connectivity index (χ1) is 13.2. The van der Waals surface area contributed by atoms with Gasteiger partial charge in [0.2, 0.25) is 5.91 Å². The Kier molecular flexibility index (Phi) is 5.12. The molecule has 1 N–H and O–H groups in total. The van der Waals surface area contributed by atoms with Crippen LogP contribution in [-0.4, -0.2) is 43.1 Å². The van der Waals surface area contributed by atoms with E-state index in [9.17, 15) is 9.18 Å². The topological polar surface area (TPSA) is 41.6 Å². The van der Waals surface area contributed by atoms with Gasteiger partial charge in [0.1, 0.15) is 11.6 Å². The van der Waals surface area contributed by atoms with Crippen molar-refractivity contribution in [3.63, 3.8) is 0 Å². The number of hydrogen-bond donors (Lipinski definition) is 1. The number of benzene rings is 2. The molecule has 2 aromatic carbocycles. The van der Waals surface area contributed by atoms with E-state index in [1.54, 1.807) is 25.3 Å². The summed E-state index contributed by atoms with van der Waals surface area (Å²) >= 11 is 0. The zero-order chi connectivity index (χ0) is 18.8. The molecule has 1 amide bonds. The number of halogens is 1. The summed E-state index contributed by atoms with van der Waals surface area (Å²) in [5.41, 5.74) is 1.65. The van der Waals surface area contributed by atoms with Crippen LogP contribution in [0, 0.1) is 5.82 Å². The van der Waals surface area contributed by atoms with Gasteiger partial charge in [-0.25, -0.2) is 4.39 Å². The molecule has 2 heterocycles. The van der Waals surface area contributed by atoms with Crippen molar-refractivity contribution < 1.29 is 13.9 Å². The zero-order valence-electron chi connectivity index (χ0n) is 15.5. The van der Waals surface area contributed by atoms with Crippen LogP contribution in [0.3, 0.4) is 0 Å². The van der Waals surface area contributed by atoms with Gasteiger partial charge in [-0.2, -0.15) is 0 Å². The number of nitrogens with one attached hydrogen (secondary N) is 1. The van der Waals surface area contributed by atoms with E-state index in [1.165, 1.54) is 11.6 Å². The summed E-state index contributed by atoms with van der Waals surface area (Å²) < 4.78 is 19.4. The van der Waals surface area contributed by atoms with E-state index in [1.807, 2.05) is 17.0 Å². The van der Waals surface area contributed by atoms with Gasteiger partial charge in [-0.05, 0) is 48.7 Å². The maximum absolute atomic E-state index is 14.0. The first kappa shape index (κ1) is 18.0. The van der Waals surface area contributed by atoms with Crippen molar-refractivity contribution in [3.8, 4) is 5.75 Å². The fourth-order valence-corrected chi connectivity index (χ4v) is 4.49. The molecule has 142 valence electrons. The molecule has 0 radical (unpaired) electrons. The van der Waals surface area contributed by atoms with Crippen LogP contribution in [0.2, 0.25) is 0 Å². The van der Waals surface area contributed by atoms with Crippen LogP contribution < -0.4 is 10.1 Å². The molecule has 2 aliphatic heterocycles. The summed E-state index contributed by atoms with van der Waals surface area (Å²) in [6, 6.07) is 15.0. The second-order valence-corrected chi connectivity index (χ2v) is 7.39. The van der Waals surface area contributed by atoms with E-state index in [-0.39, 0.29) is 36.1 Å². The number of piperidine rings is 1. The second-order valence-electron chi connectivity index (χ2n) is 7.39. The Labute approximate surface area is 159 Å². The molecule has 2 fully saturated rings. The van der Waals surface area contributed by atoms with Crippen LogP contribution >= 0.6 is 0 Å². The van der Waals surface area contributed by atoms with Gasteiger partial charge in [-0.3, -0.25) is 4.79 Å². The normalized spacial score (nSPS) is 24.5. The highest BCUT2D eigenvalue weighted by molar-refractivity contribution is 5.80. The zero-order valence-corrected chi connectivity index (χ0v) is 15.5. The highest BCUT2D eigenvalue weighted by Crippen LogP contribution is 2.37. The number of carbonyl (C=O) groups excluding carboxylic acids is 1. The minimum Gasteiger partial charge on any atom is -0.497 e. The molecule has 0 spiro atoms. The summed E-state index contributed by atoms with van der Waals surface area (Å²) in [4.78, 5) is 15.0. The van der Waals surface area contributed by atoms with Gasteiger partial charge in [0.25, 0.3) is 0 Å². The van der Waals surface area contributed by atoms with Crippen molar-refractivity contribution in [2.45, 2.75) is 37.3 Å². The van der Waals surface area contributed by atoms with Crippen LogP contribution in [-0.2, 0) is 11.2 Å². The van der Waals surface area contributed by atoms with Crippen LogP contribution in [0.5, 0.6) is 5.75 Å². The highest BCUT2D eigenvalue weighted by atomic mass is 19.1. The molecular formula is C22H25FN2O2. The predicted molar refractivity (Wildman–Crippen MR) is 102 cm³/mol. The molecule has 3 atom stereocenters. The Bertz CT molecular complexity index is 825. The standard InChI is InChI=1S/C22H25FN2O2/c1-27-17-8-4-7-15(12-17)18-14-25(20-10-5-11-24-22(18)20)21(26)13-16-6-2-3-9-19(16)23/h2-4,6-9,12,18,20,22,24H,5,10-11,13-14H2,1H3/t18-,20-,22-/m1/s1. The Morgan fingerprint density at radius 3 is 2.93 bits per heavy atom. The minimum absolute atomic E-state index is 0.00389. The average Bonchev–Trinajstić information content (AvgIpc) is 3.10. The lowest BCUT2D eigenvalue weighted by Crippen LogP contribution is -2.49. The fourth-order valence-electron chi connectivity index (χ4n) is 4.49. The number of likely N-dealkylation sites (tertiary alicyclic amines) is 1. The Morgan fingerprint density at radius 2 is 2.11 bits per heavy atom. The Hall–Kier alpha value is -2.40. The van der Waals surface area contributed by atoms with Crippen LogP contribution in [0.15, 0.2) is 48.5 Å². The maximum Gasteiger partial charge on any atom is 0.227 e. The van der Waals surface area contributed by atoms with E-state index in [0.29, 0.717) is 12.1 Å². The lowest BCUT2D eigenvalue weighted by Gasteiger charge is -2.33. The number of methoxy groups -OCH3 is 1. The molecule has 0 aromatic heterocycles. The number of hydrogen-bond acceptors (Lipinski definition) is 3. The van der Waals surface area contributed by atoms with Crippen molar-refractivity contribution in [1.29, 1.82) is 0 Å². The molecule has 4 nitrogen and oxygen atoms in total. The smallest absolute Gasteiger partial charge is 0.227 e. The van der Waals surface area contributed by atoms with Crippen LogP contribution in [0.25, 0.3) is 0 Å². The van der Waals surface area contributed by atoms with Gasteiger partial charge in [0, 0.05) is 24.5 Å². The maximum atomic E-state index is 14.0. The molecule has 2 aromatic rings. The molecular weight excluding hydrogens is 343 g/mol. The van der Waals surface area contributed by atoms with Gasteiger partial charge in [-0.15, -0.1) is 0 Å². The molecule has 2 aliphatic rings. The molecule has 0 aliphatic carbocycles. The van der Waals surface area contributed by atoms with Crippen molar-refractivity contribution in [2.75, 3.05) is 20.2 Å². The number of nitrogens with zero attached hydrogens (tertiary/aromatic N) is 1. The summed E-state index contributed by atoms with van der Waals surface area (Å²) in [5, 5.41) is 3.62. The molecule has 0 saturated carbocycles. The number of ether oxygens (including phenoxy) is 1. The molecule has 0 unspecified atom stereocenters. The minimum atomic E-state index is -0.312. The predicted octanol–water partition coefficient (Wildman–Crippen LogP) is 3.12. The molecule has 4 rings (SSSR count). The number of rotatable bonds is 4. The number of carbonyl (C=O) groups is 1. The quantitative estimate of drug-likeness (QED) is 0.902. The largest absolute Gasteiger partial charge is 0.497 e. The first-order valence-corrected chi connectivity index (χ1v) is 9.57.